The number of aromatic carboxylic acids is 1. The van der Waals surface area contributed by atoms with Crippen molar-refractivity contribution in [1.82, 2.24) is 5.32 Å². The zero-order valence-electron chi connectivity index (χ0n) is 12.9. The first kappa shape index (κ1) is 17.9. The molecule has 0 aliphatic carbocycles. The highest BCUT2D eigenvalue weighted by atomic mass is 19.1. The average Bonchev–Trinajstić information content (AvgIpc) is 2.57. The van der Waals surface area contributed by atoms with Gasteiger partial charge in [0.05, 0.1) is 6.54 Å². The highest BCUT2D eigenvalue weighted by Crippen LogP contribution is 2.14. The predicted molar refractivity (Wildman–Crippen MR) is 84.8 cm³/mol. The van der Waals surface area contributed by atoms with Crippen LogP contribution in [0.25, 0.3) is 0 Å². The molecule has 0 fully saturated rings. The highest BCUT2D eigenvalue weighted by Gasteiger charge is 2.17. The molecule has 128 valence electrons. The Morgan fingerprint density at radius 2 is 1.76 bits per heavy atom. The molecule has 0 bridgehead atoms. The van der Waals surface area contributed by atoms with Gasteiger partial charge < -0.3 is 15.2 Å². The SMILES string of the molecule is O=C(NCC#Cc1cc(F)c(C(=O)O)c(F)c1)OCc1ccccc1. The van der Waals surface area contributed by atoms with E-state index in [4.69, 9.17) is 9.84 Å². The van der Waals surface area contributed by atoms with Crippen molar-refractivity contribution in [3.63, 3.8) is 0 Å². The van der Waals surface area contributed by atoms with Crippen molar-refractivity contribution in [2.45, 2.75) is 6.61 Å². The molecule has 2 N–H and O–H groups in total. The van der Waals surface area contributed by atoms with Gasteiger partial charge in [-0.05, 0) is 17.7 Å². The van der Waals surface area contributed by atoms with E-state index >= 15 is 0 Å². The van der Waals surface area contributed by atoms with Gasteiger partial charge in [0.15, 0.2) is 0 Å². The number of rotatable bonds is 4. The third-order valence-corrected chi connectivity index (χ3v) is 3.02. The summed E-state index contributed by atoms with van der Waals surface area (Å²) in [6.45, 7) is 0.00468. The molecule has 0 aromatic heterocycles. The van der Waals surface area contributed by atoms with Crippen molar-refractivity contribution in [3.8, 4) is 11.8 Å². The number of carbonyl (C=O) groups is 2. The lowest BCUT2D eigenvalue weighted by atomic mass is 10.1. The van der Waals surface area contributed by atoms with E-state index in [9.17, 15) is 18.4 Å². The van der Waals surface area contributed by atoms with Crippen LogP contribution in [0.5, 0.6) is 0 Å². The third kappa shape index (κ3) is 5.32. The van der Waals surface area contributed by atoms with Crippen LogP contribution in [0.2, 0.25) is 0 Å². The van der Waals surface area contributed by atoms with Crippen molar-refractivity contribution in [2.24, 2.45) is 0 Å². The Bertz CT molecular complexity index is 818. The van der Waals surface area contributed by atoms with E-state index in [0.29, 0.717) is 0 Å². The first-order valence-electron chi connectivity index (χ1n) is 7.13. The summed E-state index contributed by atoms with van der Waals surface area (Å²) < 4.78 is 31.9. The number of hydrogen-bond acceptors (Lipinski definition) is 3. The molecule has 0 unspecified atom stereocenters. The molecule has 7 heteroatoms. The van der Waals surface area contributed by atoms with E-state index in [1.165, 1.54) is 0 Å². The molecule has 5 nitrogen and oxygen atoms in total. The molecule has 0 aliphatic heterocycles. The molecule has 0 atom stereocenters. The normalized spacial score (nSPS) is 9.68. The highest BCUT2D eigenvalue weighted by molar-refractivity contribution is 5.88. The van der Waals surface area contributed by atoms with E-state index in [-0.39, 0.29) is 18.7 Å². The third-order valence-electron chi connectivity index (χ3n) is 3.02. The summed E-state index contributed by atoms with van der Waals surface area (Å²) in [6, 6.07) is 10.7. The second kappa shape index (κ2) is 8.45. The van der Waals surface area contributed by atoms with E-state index < -0.39 is 29.3 Å². The van der Waals surface area contributed by atoms with Crippen LogP contribution in [0.15, 0.2) is 42.5 Å². The van der Waals surface area contributed by atoms with Gasteiger partial charge in [-0.25, -0.2) is 18.4 Å². The standard InChI is InChI=1S/C18H13F2NO4/c19-14-9-13(10-15(20)16(14)17(22)23)7-4-8-21-18(24)25-11-12-5-2-1-3-6-12/h1-3,5-6,9-10H,8,11H2,(H,21,24)(H,22,23). The quantitative estimate of drug-likeness (QED) is 0.836. The van der Waals surface area contributed by atoms with Gasteiger partial charge in [0.1, 0.15) is 23.8 Å². The Morgan fingerprint density at radius 3 is 2.36 bits per heavy atom. The monoisotopic (exact) mass is 345 g/mol. The number of hydrogen-bond donors (Lipinski definition) is 2. The Balaban J connectivity index is 1.86. The van der Waals surface area contributed by atoms with Gasteiger partial charge in [0, 0.05) is 5.56 Å². The van der Waals surface area contributed by atoms with Gasteiger partial charge in [-0.3, -0.25) is 0 Å². The minimum atomic E-state index is -1.70. The van der Waals surface area contributed by atoms with Crippen LogP contribution in [-0.4, -0.2) is 23.7 Å². The molecule has 2 aromatic rings. The van der Waals surface area contributed by atoms with E-state index in [1.807, 2.05) is 18.2 Å². The number of carbonyl (C=O) groups excluding carboxylic acids is 1. The van der Waals surface area contributed by atoms with Crippen LogP contribution in [0, 0.1) is 23.5 Å². The molecule has 0 heterocycles. The second-order valence-corrected chi connectivity index (χ2v) is 4.84. The lowest BCUT2D eigenvalue weighted by Gasteiger charge is -2.04. The molecule has 0 aliphatic rings. The lowest BCUT2D eigenvalue weighted by Crippen LogP contribution is -2.24. The average molecular weight is 345 g/mol. The molecule has 1 amide bonds. The van der Waals surface area contributed by atoms with Crippen molar-refractivity contribution in [3.05, 3.63) is 70.8 Å². The van der Waals surface area contributed by atoms with Crippen LogP contribution in [0.4, 0.5) is 13.6 Å². The van der Waals surface area contributed by atoms with E-state index in [1.54, 1.807) is 12.1 Å². The zero-order chi connectivity index (χ0) is 18.2. The molecule has 25 heavy (non-hydrogen) atoms. The molecular weight excluding hydrogens is 332 g/mol. The van der Waals surface area contributed by atoms with Gasteiger partial charge in [-0.15, -0.1) is 0 Å². The number of ether oxygens (including phenoxy) is 1. The summed E-state index contributed by atoms with van der Waals surface area (Å²) in [5, 5.41) is 11.0. The molecular formula is C18H13F2NO4. The first-order valence-corrected chi connectivity index (χ1v) is 7.13. The van der Waals surface area contributed by atoms with Crippen molar-refractivity contribution in [2.75, 3.05) is 6.54 Å². The molecule has 2 aromatic carbocycles. The van der Waals surface area contributed by atoms with Crippen LogP contribution in [-0.2, 0) is 11.3 Å². The summed E-state index contributed by atoms with van der Waals surface area (Å²) in [7, 11) is 0. The van der Waals surface area contributed by atoms with Gasteiger partial charge in [-0.2, -0.15) is 0 Å². The second-order valence-electron chi connectivity index (χ2n) is 4.84. The van der Waals surface area contributed by atoms with E-state index in [0.717, 1.165) is 17.7 Å². The number of benzene rings is 2. The van der Waals surface area contributed by atoms with Gasteiger partial charge in [0.25, 0.3) is 0 Å². The fourth-order valence-corrected chi connectivity index (χ4v) is 1.89. The van der Waals surface area contributed by atoms with Gasteiger partial charge >= 0.3 is 12.1 Å². The summed E-state index contributed by atoms with van der Waals surface area (Å²) in [5.41, 5.74) is -0.249. The number of carboxylic acids is 1. The zero-order valence-corrected chi connectivity index (χ0v) is 12.9. The fourth-order valence-electron chi connectivity index (χ4n) is 1.89. The minimum Gasteiger partial charge on any atom is -0.477 e. The van der Waals surface area contributed by atoms with Crippen LogP contribution in [0.3, 0.4) is 0 Å². The summed E-state index contributed by atoms with van der Waals surface area (Å²) >= 11 is 0. The Labute approximate surface area is 142 Å². The van der Waals surface area contributed by atoms with Crippen LogP contribution < -0.4 is 5.32 Å². The van der Waals surface area contributed by atoms with Crippen molar-refractivity contribution < 1.29 is 28.2 Å². The van der Waals surface area contributed by atoms with Crippen molar-refractivity contribution in [1.29, 1.82) is 0 Å². The predicted octanol–water partition coefficient (Wildman–Crippen LogP) is 2.94. The number of nitrogens with one attached hydrogen (secondary N) is 1. The van der Waals surface area contributed by atoms with Gasteiger partial charge in [0.2, 0.25) is 0 Å². The number of alkyl carbamates (subject to hydrolysis) is 1. The Hall–Kier alpha value is -3.40. The largest absolute Gasteiger partial charge is 0.477 e. The fraction of sp³-hybridized carbons (Fsp3) is 0.111. The maximum absolute atomic E-state index is 13.5. The van der Waals surface area contributed by atoms with Gasteiger partial charge in [-0.1, -0.05) is 42.2 Å². The van der Waals surface area contributed by atoms with Crippen molar-refractivity contribution >= 4 is 12.1 Å². The smallest absolute Gasteiger partial charge is 0.408 e. The molecule has 0 saturated heterocycles. The molecule has 0 radical (unpaired) electrons. The summed E-state index contributed by atoms with van der Waals surface area (Å²) in [4.78, 5) is 22.1. The number of halogens is 2. The Kier molecular flexibility index (Phi) is 6.07. The summed E-state index contributed by atoms with van der Waals surface area (Å²) in [5.74, 6) is 0.791. The Morgan fingerprint density at radius 1 is 1.12 bits per heavy atom. The van der Waals surface area contributed by atoms with Crippen LogP contribution >= 0.6 is 0 Å². The first-order chi connectivity index (χ1) is 12.0. The summed E-state index contributed by atoms with van der Waals surface area (Å²) in [6.07, 6.45) is -0.684. The molecule has 2 rings (SSSR count). The minimum absolute atomic E-state index is 0.0422. The molecule has 0 saturated carbocycles. The lowest BCUT2D eigenvalue weighted by molar-refractivity contribution is 0.0686. The molecule has 0 spiro atoms. The maximum Gasteiger partial charge on any atom is 0.408 e. The number of amides is 1. The van der Waals surface area contributed by atoms with Crippen LogP contribution in [0.1, 0.15) is 21.5 Å². The topological polar surface area (TPSA) is 75.6 Å². The maximum atomic E-state index is 13.5. The van der Waals surface area contributed by atoms with E-state index in [2.05, 4.69) is 17.2 Å². The number of carboxylic acid groups (broad SMARTS) is 1.